The summed E-state index contributed by atoms with van der Waals surface area (Å²) in [7, 11) is 3.09. The van der Waals surface area contributed by atoms with Gasteiger partial charge in [-0.05, 0) is 56.3 Å². The maximum Gasteiger partial charge on any atom is 0.261 e. The molecule has 2 heterocycles. The summed E-state index contributed by atoms with van der Waals surface area (Å²) in [4.78, 5) is 27.1. The molecule has 204 valence electrons. The molecule has 10 heteroatoms. The van der Waals surface area contributed by atoms with Gasteiger partial charge < -0.3 is 25.4 Å². The van der Waals surface area contributed by atoms with Crippen LogP contribution in [-0.2, 0) is 4.79 Å². The maximum absolute atomic E-state index is 13.8. The number of rotatable bonds is 7. The zero-order valence-corrected chi connectivity index (χ0v) is 23.2. The fourth-order valence-electron chi connectivity index (χ4n) is 4.70. The minimum atomic E-state index is -0.741. The van der Waals surface area contributed by atoms with Crippen molar-refractivity contribution in [2.45, 2.75) is 19.9 Å². The monoisotopic (exact) mass is 557 g/mol. The number of benzene rings is 3. The number of carbonyl (C=O) groups is 2. The predicted octanol–water partition coefficient (Wildman–Crippen LogP) is 6.04. The number of fused-ring (bicyclic) bond motifs is 1. The van der Waals surface area contributed by atoms with Crippen molar-refractivity contribution in [3.05, 3.63) is 106 Å². The van der Waals surface area contributed by atoms with Crippen molar-refractivity contribution in [3.8, 4) is 11.5 Å². The number of aromatic nitrogens is 2. The molecule has 4 aromatic rings. The van der Waals surface area contributed by atoms with E-state index in [0.717, 1.165) is 5.56 Å². The smallest absolute Gasteiger partial charge is 0.261 e. The topological polar surface area (TPSA) is 107 Å². The molecule has 0 saturated carbocycles. The molecule has 1 aromatic heterocycles. The lowest BCUT2D eigenvalue weighted by Crippen LogP contribution is -2.32. The van der Waals surface area contributed by atoms with Gasteiger partial charge in [0.1, 0.15) is 17.4 Å². The number of hydrogen-bond acceptors (Lipinski definition) is 6. The highest BCUT2D eigenvalue weighted by Gasteiger charge is 2.37. The Morgan fingerprint density at radius 2 is 1.55 bits per heavy atom. The molecule has 0 saturated heterocycles. The summed E-state index contributed by atoms with van der Waals surface area (Å²) in [6, 6.07) is 19.1. The first-order valence-corrected chi connectivity index (χ1v) is 12.9. The summed E-state index contributed by atoms with van der Waals surface area (Å²) < 4.78 is 12.9. The fraction of sp³-hybridized carbons (Fsp3) is 0.167. The number of amides is 2. The van der Waals surface area contributed by atoms with E-state index in [1.807, 2.05) is 43.3 Å². The molecule has 0 aliphatic carbocycles. The number of carbonyl (C=O) groups excluding carboxylic acids is 2. The Balaban J connectivity index is 1.59. The quantitative estimate of drug-likeness (QED) is 0.256. The van der Waals surface area contributed by atoms with Gasteiger partial charge in [-0.25, -0.2) is 4.68 Å². The van der Waals surface area contributed by atoms with Gasteiger partial charge in [-0.2, -0.15) is 5.10 Å². The molecule has 0 spiro atoms. The molecule has 1 unspecified atom stereocenters. The van der Waals surface area contributed by atoms with Crippen LogP contribution in [0.5, 0.6) is 11.5 Å². The number of hydrogen-bond donors (Lipinski definition) is 3. The molecule has 2 amide bonds. The Hall–Kier alpha value is -4.76. The molecule has 3 aromatic carbocycles. The van der Waals surface area contributed by atoms with Crippen LogP contribution in [0, 0.1) is 6.92 Å². The summed E-state index contributed by atoms with van der Waals surface area (Å²) in [5.41, 5.74) is 4.23. The van der Waals surface area contributed by atoms with Crippen LogP contribution >= 0.6 is 11.6 Å². The van der Waals surface area contributed by atoms with Crippen molar-refractivity contribution in [1.82, 2.24) is 9.78 Å². The van der Waals surface area contributed by atoms with Gasteiger partial charge in [0, 0.05) is 27.7 Å². The van der Waals surface area contributed by atoms with Gasteiger partial charge in [-0.15, -0.1) is 0 Å². The van der Waals surface area contributed by atoms with Crippen LogP contribution in [0.4, 0.5) is 17.2 Å². The van der Waals surface area contributed by atoms with Gasteiger partial charge in [0.25, 0.3) is 11.8 Å². The van der Waals surface area contributed by atoms with Gasteiger partial charge in [0.15, 0.2) is 11.5 Å². The fourth-order valence-corrected chi connectivity index (χ4v) is 4.82. The third-order valence-electron chi connectivity index (χ3n) is 6.65. The molecule has 9 nitrogen and oxygen atoms in total. The van der Waals surface area contributed by atoms with Crippen molar-refractivity contribution in [3.63, 3.8) is 0 Å². The first-order chi connectivity index (χ1) is 19.3. The first-order valence-electron chi connectivity index (χ1n) is 12.5. The van der Waals surface area contributed by atoms with Gasteiger partial charge in [-0.3, -0.25) is 9.59 Å². The molecule has 1 atom stereocenters. The second kappa shape index (κ2) is 11.2. The highest BCUT2D eigenvalue weighted by Crippen LogP contribution is 2.44. The van der Waals surface area contributed by atoms with Crippen LogP contribution in [-0.4, -0.2) is 35.8 Å². The zero-order chi connectivity index (χ0) is 28.4. The summed E-state index contributed by atoms with van der Waals surface area (Å²) in [6.45, 7) is 3.76. The molecule has 0 fully saturated rings. The van der Waals surface area contributed by atoms with Crippen LogP contribution in [0.15, 0.2) is 84.2 Å². The van der Waals surface area contributed by atoms with E-state index >= 15 is 0 Å². The van der Waals surface area contributed by atoms with Crippen molar-refractivity contribution >= 4 is 40.6 Å². The predicted molar refractivity (Wildman–Crippen MR) is 155 cm³/mol. The van der Waals surface area contributed by atoms with Crippen LogP contribution in [0.3, 0.4) is 0 Å². The van der Waals surface area contributed by atoms with Crippen molar-refractivity contribution < 1.29 is 19.1 Å². The normalized spacial score (nSPS) is 14.2. The SMILES string of the molecule is COc1cccc(C2C(C(=O)Nc3ccc(Cl)cc3)=C(C)Nc3c(C(=O)Nc4ccc(C)cc4)cnn32)c1OC. The Labute approximate surface area is 236 Å². The van der Waals surface area contributed by atoms with Crippen LogP contribution in [0.25, 0.3) is 0 Å². The van der Waals surface area contributed by atoms with E-state index in [0.29, 0.717) is 56.1 Å². The molecule has 0 bridgehead atoms. The number of methoxy groups -OCH3 is 2. The van der Waals surface area contributed by atoms with E-state index in [1.165, 1.54) is 13.3 Å². The van der Waals surface area contributed by atoms with Gasteiger partial charge in [0.05, 0.1) is 26.0 Å². The lowest BCUT2D eigenvalue weighted by molar-refractivity contribution is -0.113. The lowest BCUT2D eigenvalue weighted by Gasteiger charge is -2.31. The summed E-state index contributed by atoms with van der Waals surface area (Å²) in [6.07, 6.45) is 1.48. The number of aryl methyl sites for hydroxylation is 1. The van der Waals surface area contributed by atoms with E-state index in [4.69, 9.17) is 21.1 Å². The third kappa shape index (κ3) is 5.11. The molecule has 1 aliphatic heterocycles. The lowest BCUT2D eigenvalue weighted by atomic mass is 9.93. The maximum atomic E-state index is 13.8. The van der Waals surface area contributed by atoms with Gasteiger partial charge >= 0.3 is 0 Å². The van der Waals surface area contributed by atoms with E-state index in [1.54, 1.807) is 49.0 Å². The molecule has 0 radical (unpaired) electrons. The number of nitrogens with one attached hydrogen (secondary N) is 3. The second-order valence-corrected chi connectivity index (χ2v) is 9.72. The van der Waals surface area contributed by atoms with Crippen molar-refractivity contribution in [1.29, 1.82) is 0 Å². The van der Waals surface area contributed by atoms with Crippen LogP contribution < -0.4 is 25.4 Å². The zero-order valence-electron chi connectivity index (χ0n) is 22.4. The molecule has 3 N–H and O–H groups in total. The molecule has 1 aliphatic rings. The minimum absolute atomic E-state index is 0.323. The number of anilines is 3. The van der Waals surface area contributed by atoms with Crippen molar-refractivity contribution in [2.75, 3.05) is 30.2 Å². The summed E-state index contributed by atoms with van der Waals surface area (Å²) >= 11 is 6.03. The third-order valence-corrected chi connectivity index (χ3v) is 6.90. The average molecular weight is 558 g/mol. The molecule has 40 heavy (non-hydrogen) atoms. The van der Waals surface area contributed by atoms with Crippen molar-refractivity contribution in [2.24, 2.45) is 0 Å². The average Bonchev–Trinajstić information content (AvgIpc) is 3.37. The first kappa shape index (κ1) is 26.8. The minimum Gasteiger partial charge on any atom is -0.493 e. The summed E-state index contributed by atoms with van der Waals surface area (Å²) in [5.74, 6) is 0.707. The van der Waals surface area contributed by atoms with Crippen LogP contribution in [0.2, 0.25) is 5.02 Å². The van der Waals surface area contributed by atoms with E-state index in [2.05, 4.69) is 21.0 Å². The van der Waals surface area contributed by atoms with Crippen LogP contribution in [0.1, 0.15) is 34.5 Å². The largest absolute Gasteiger partial charge is 0.493 e. The Bertz CT molecular complexity index is 1610. The van der Waals surface area contributed by atoms with Gasteiger partial charge in [0.2, 0.25) is 0 Å². The van der Waals surface area contributed by atoms with E-state index < -0.39 is 6.04 Å². The number of para-hydroxylation sites is 1. The highest BCUT2D eigenvalue weighted by atomic mass is 35.5. The number of ether oxygens (including phenoxy) is 2. The number of nitrogens with zero attached hydrogens (tertiary/aromatic N) is 2. The second-order valence-electron chi connectivity index (χ2n) is 9.28. The molecular formula is C30H28ClN5O4. The van der Waals surface area contributed by atoms with E-state index in [-0.39, 0.29) is 11.8 Å². The number of allylic oxidation sites excluding steroid dienone is 1. The van der Waals surface area contributed by atoms with Gasteiger partial charge in [-0.1, -0.05) is 41.4 Å². The Kier molecular flexibility index (Phi) is 7.48. The molecular weight excluding hydrogens is 530 g/mol. The Morgan fingerprint density at radius 3 is 2.20 bits per heavy atom. The standard InChI is InChI=1S/C30H28ClN5O4/c1-17-8-12-20(13-9-17)34-29(37)23-16-32-36-26(22-6-5-7-24(39-3)27(22)40-4)25(18(2)33-28(23)36)30(38)35-21-14-10-19(31)11-15-21/h5-16,26,33H,1-4H3,(H,34,37)(H,35,38). The summed E-state index contributed by atoms with van der Waals surface area (Å²) in [5, 5.41) is 14.2. The van der Waals surface area contributed by atoms with E-state index in [9.17, 15) is 9.59 Å². The Morgan fingerprint density at radius 1 is 0.900 bits per heavy atom. The number of halogens is 1. The highest BCUT2D eigenvalue weighted by molar-refractivity contribution is 6.30. The molecule has 5 rings (SSSR count).